The van der Waals surface area contributed by atoms with Gasteiger partial charge in [-0.25, -0.2) is 13.1 Å². The van der Waals surface area contributed by atoms with Crippen molar-refractivity contribution >= 4 is 15.7 Å². The molecule has 0 aliphatic carbocycles. The van der Waals surface area contributed by atoms with Crippen LogP contribution in [-0.2, 0) is 14.8 Å². The third kappa shape index (κ3) is 4.47. The van der Waals surface area contributed by atoms with Crippen LogP contribution in [0.2, 0.25) is 0 Å². The van der Waals surface area contributed by atoms with E-state index in [0.29, 0.717) is 30.3 Å². The summed E-state index contributed by atoms with van der Waals surface area (Å²) in [4.78, 5) is 0.161. The van der Waals surface area contributed by atoms with Crippen molar-refractivity contribution in [3.05, 3.63) is 66.5 Å². The van der Waals surface area contributed by atoms with Crippen LogP contribution >= 0.6 is 0 Å². The Morgan fingerprint density at radius 1 is 1.11 bits per heavy atom. The van der Waals surface area contributed by atoms with E-state index in [2.05, 4.69) is 9.82 Å². The molecule has 0 amide bonds. The first-order chi connectivity index (χ1) is 13.0. The number of hydrogen-bond acceptors (Lipinski definition) is 5. The summed E-state index contributed by atoms with van der Waals surface area (Å²) in [6, 6.07) is 13.6. The molecule has 1 N–H and O–H groups in total. The summed E-state index contributed by atoms with van der Waals surface area (Å²) in [6.07, 6.45) is 3.39. The Morgan fingerprint density at radius 2 is 1.93 bits per heavy atom. The van der Waals surface area contributed by atoms with E-state index in [1.165, 1.54) is 6.07 Å². The molecule has 0 aliphatic heterocycles. The van der Waals surface area contributed by atoms with E-state index in [1.54, 1.807) is 67.5 Å². The van der Waals surface area contributed by atoms with Crippen LogP contribution in [0.5, 0.6) is 5.75 Å². The Labute approximate surface area is 158 Å². The second kappa shape index (κ2) is 8.24. The number of aromatic nitrogens is 2. The zero-order valence-electron chi connectivity index (χ0n) is 15.1. The third-order valence-electron chi connectivity index (χ3n) is 3.90. The monoisotopic (exact) mass is 387 g/mol. The van der Waals surface area contributed by atoms with Gasteiger partial charge in [0.1, 0.15) is 12.4 Å². The molecule has 0 atom stereocenters. The molecule has 1 aromatic heterocycles. The fraction of sp³-hybridized carbons (Fsp3) is 0.211. The minimum atomic E-state index is -3.76. The van der Waals surface area contributed by atoms with Gasteiger partial charge in [0, 0.05) is 19.5 Å². The molecule has 0 bridgehead atoms. The first-order valence-electron chi connectivity index (χ1n) is 8.35. The molecule has 3 aromatic rings. The number of sulfonamides is 1. The van der Waals surface area contributed by atoms with Gasteiger partial charge in [0.25, 0.3) is 10.0 Å². The minimum Gasteiger partial charge on any atom is -0.491 e. The molecule has 2 aromatic carbocycles. The van der Waals surface area contributed by atoms with Gasteiger partial charge in [-0.3, -0.25) is 4.72 Å². The van der Waals surface area contributed by atoms with Crippen molar-refractivity contribution in [3.8, 4) is 11.4 Å². The van der Waals surface area contributed by atoms with Gasteiger partial charge >= 0.3 is 0 Å². The number of hydrogen-bond donors (Lipinski definition) is 1. The molecule has 0 saturated carbocycles. The number of rotatable bonds is 8. The molecule has 27 heavy (non-hydrogen) atoms. The molecule has 0 saturated heterocycles. The number of ether oxygens (including phenoxy) is 2. The van der Waals surface area contributed by atoms with Crippen molar-refractivity contribution in [1.82, 2.24) is 9.78 Å². The number of methoxy groups -OCH3 is 1. The molecule has 0 fully saturated rings. The third-order valence-corrected chi connectivity index (χ3v) is 5.26. The molecular formula is C19H21N3O4S. The van der Waals surface area contributed by atoms with Crippen LogP contribution in [0.25, 0.3) is 5.69 Å². The van der Waals surface area contributed by atoms with E-state index in [1.807, 2.05) is 6.07 Å². The lowest BCUT2D eigenvalue weighted by Crippen LogP contribution is -2.15. The van der Waals surface area contributed by atoms with Crippen LogP contribution in [0.3, 0.4) is 0 Å². The number of nitrogens with one attached hydrogen (secondary N) is 1. The van der Waals surface area contributed by atoms with Gasteiger partial charge in [0.2, 0.25) is 0 Å². The number of aryl methyl sites for hydroxylation is 1. The summed E-state index contributed by atoms with van der Waals surface area (Å²) in [5.41, 5.74) is 1.82. The SMILES string of the molecule is COCCOc1ccc(S(=O)(=O)Nc2ccccc2-n2cccn2)cc1C. The zero-order valence-corrected chi connectivity index (χ0v) is 15.9. The van der Waals surface area contributed by atoms with Crippen LogP contribution in [0.1, 0.15) is 5.56 Å². The highest BCUT2D eigenvalue weighted by Gasteiger charge is 2.18. The minimum absolute atomic E-state index is 0.161. The summed E-state index contributed by atoms with van der Waals surface area (Å²) in [6.45, 7) is 2.67. The number of benzene rings is 2. The summed E-state index contributed by atoms with van der Waals surface area (Å²) in [7, 11) is -2.17. The molecule has 3 rings (SSSR count). The molecule has 1 heterocycles. The Kier molecular flexibility index (Phi) is 5.78. The van der Waals surface area contributed by atoms with Gasteiger partial charge in [-0.1, -0.05) is 12.1 Å². The summed E-state index contributed by atoms with van der Waals surface area (Å²) < 4.78 is 40.5. The molecule has 0 spiro atoms. The Bertz CT molecular complexity index is 1000. The number of nitrogens with zero attached hydrogens (tertiary/aromatic N) is 2. The van der Waals surface area contributed by atoms with Crippen molar-refractivity contribution in [3.63, 3.8) is 0 Å². The highest BCUT2D eigenvalue weighted by Crippen LogP contribution is 2.26. The van der Waals surface area contributed by atoms with Crippen LogP contribution in [0, 0.1) is 6.92 Å². The second-order valence-electron chi connectivity index (χ2n) is 5.84. The Hall–Kier alpha value is -2.84. The first kappa shape index (κ1) is 18.9. The highest BCUT2D eigenvalue weighted by molar-refractivity contribution is 7.92. The topological polar surface area (TPSA) is 82.5 Å². The van der Waals surface area contributed by atoms with Crippen molar-refractivity contribution in [2.75, 3.05) is 25.0 Å². The Morgan fingerprint density at radius 3 is 2.63 bits per heavy atom. The lowest BCUT2D eigenvalue weighted by atomic mass is 10.2. The van der Waals surface area contributed by atoms with Crippen molar-refractivity contribution < 1.29 is 17.9 Å². The zero-order chi connectivity index (χ0) is 19.3. The highest BCUT2D eigenvalue weighted by atomic mass is 32.2. The van der Waals surface area contributed by atoms with Crippen molar-refractivity contribution in [1.29, 1.82) is 0 Å². The lowest BCUT2D eigenvalue weighted by Gasteiger charge is -2.14. The van der Waals surface area contributed by atoms with Gasteiger partial charge in [0.15, 0.2) is 0 Å². The molecule has 0 unspecified atom stereocenters. The average molecular weight is 387 g/mol. The molecule has 7 nitrogen and oxygen atoms in total. The quantitative estimate of drug-likeness (QED) is 0.601. The maximum Gasteiger partial charge on any atom is 0.261 e. The average Bonchev–Trinajstić information content (AvgIpc) is 3.18. The molecule has 0 radical (unpaired) electrons. The van der Waals surface area contributed by atoms with E-state index in [4.69, 9.17) is 9.47 Å². The maximum absolute atomic E-state index is 12.8. The van der Waals surface area contributed by atoms with Gasteiger partial charge in [0.05, 0.1) is 22.9 Å². The van der Waals surface area contributed by atoms with Gasteiger partial charge in [-0.05, 0) is 48.9 Å². The summed E-state index contributed by atoms with van der Waals surface area (Å²) >= 11 is 0. The van der Waals surface area contributed by atoms with E-state index in [0.717, 1.165) is 5.56 Å². The van der Waals surface area contributed by atoms with E-state index < -0.39 is 10.0 Å². The van der Waals surface area contributed by atoms with Gasteiger partial charge < -0.3 is 9.47 Å². The van der Waals surface area contributed by atoms with E-state index >= 15 is 0 Å². The van der Waals surface area contributed by atoms with Gasteiger partial charge in [-0.2, -0.15) is 5.10 Å². The van der Waals surface area contributed by atoms with Crippen LogP contribution in [-0.4, -0.2) is 38.5 Å². The van der Waals surface area contributed by atoms with Crippen LogP contribution in [0.15, 0.2) is 65.8 Å². The fourth-order valence-electron chi connectivity index (χ4n) is 2.56. The second-order valence-corrected chi connectivity index (χ2v) is 7.52. The van der Waals surface area contributed by atoms with Crippen LogP contribution < -0.4 is 9.46 Å². The number of anilines is 1. The molecule has 0 aliphatic rings. The van der Waals surface area contributed by atoms with Crippen molar-refractivity contribution in [2.45, 2.75) is 11.8 Å². The molecule has 8 heteroatoms. The van der Waals surface area contributed by atoms with Gasteiger partial charge in [-0.15, -0.1) is 0 Å². The van der Waals surface area contributed by atoms with E-state index in [9.17, 15) is 8.42 Å². The Balaban J connectivity index is 1.85. The number of para-hydroxylation sites is 2. The first-order valence-corrected chi connectivity index (χ1v) is 9.84. The standard InChI is InChI=1S/C19H21N3O4S/c1-15-14-16(8-9-19(15)26-13-12-25-2)27(23,24)21-17-6-3-4-7-18(17)22-11-5-10-20-22/h3-11,14,21H,12-13H2,1-2H3. The summed E-state index contributed by atoms with van der Waals surface area (Å²) in [5, 5.41) is 4.17. The fourth-order valence-corrected chi connectivity index (χ4v) is 3.72. The lowest BCUT2D eigenvalue weighted by molar-refractivity contribution is 0.146. The molecular weight excluding hydrogens is 366 g/mol. The normalized spacial score (nSPS) is 11.3. The maximum atomic E-state index is 12.8. The predicted molar refractivity (Wildman–Crippen MR) is 103 cm³/mol. The smallest absolute Gasteiger partial charge is 0.261 e. The predicted octanol–water partition coefficient (Wildman–Crippen LogP) is 3.01. The largest absolute Gasteiger partial charge is 0.491 e. The molecule has 142 valence electrons. The van der Waals surface area contributed by atoms with Crippen LogP contribution in [0.4, 0.5) is 5.69 Å². The van der Waals surface area contributed by atoms with Crippen molar-refractivity contribution in [2.24, 2.45) is 0 Å². The van der Waals surface area contributed by atoms with E-state index in [-0.39, 0.29) is 4.90 Å². The summed E-state index contributed by atoms with van der Waals surface area (Å²) in [5.74, 6) is 0.628.